The van der Waals surface area contributed by atoms with Crippen LogP contribution in [0.3, 0.4) is 0 Å². The number of rotatable bonds is 10. The smallest absolute Gasteiger partial charge is 0.319 e. The van der Waals surface area contributed by atoms with Crippen LogP contribution in [0.2, 0.25) is 0 Å². The summed E-state index contributed by atoms with van der Waals surface area (Å²) in [4.78, 5) is 39.8. The number of carbonyl (C=O) groups is 3. The van der Waals surface area contributed by atoms with Gasteiger partial charge in [-0.3, -0.25) is 14.5 Å². The second kappa shape index (κ2) is 12.9. The molecule has 0 bridgehead atoms. The highest BCUT2D eigenvalue weighted by atomic mass is 16.2. The van der Waals surface area contributed by atoms with Crippen molar-refractivity contribution in [2.24, 2.45) is 11.1 Å². The quantitative estimate of drug-likeness (QED) is 0.393. The van der Waals surface area contributed by atoms with E-state index in [0.717, 1.165) is 32.5 Å². The topological polar surface area (TPSA) is 140 Å². The van der Waals surface area contributed by atoms with Crippen molar-refractivity contribution < 1.29 is 14.4 Å². The van der Waals surface area contributed by atoms with Gasteiger partial charge in [0.2, 0.25) is 5.91 Å². The Morgan fingerprint density at radius 1 is 1.14 bits per heavy atom. The number of nitrogens with one attached hydrogen (secondary N) is 3. The van der Waals surface area contributed by atoms with Gasteiger partial charge in [0.05, 0.1) is 12.1 Å². The van der Waals surface area contributed by atoms with Crippen LogP contribution in [0, 0.1) is 16.7 Å². The summed E-state index contributed by atoms with van der Waals surface area (Å²) in [6.45, 7) is 6.04. The number of hydrogen-bond donors (Lipinski definition) is 4. The number of hydrogen-bond acceptors (Lipinski definition) is 5. The molecule has 0 radical (unpaired) electrons. The van der Waals surface area contributed by atoms with Crippen LogP contribution in [0.25, 0.3) is 0 Å². The molecule has 0 saturated carbocycles. The Balaban J connectivity index is 1.53. The number of urea groups is 1. The summed E-state index contributed by atoms with van der Waals surface area (Å²) < 4.78 is 0. The highest BCUT2D eigenvalue weighted by Crippen LogP contribution is 2.24. The average molecular weight is 505 g/mol. The van der Waals surface area contributed by atoms with Crippen molar-refractivity contribution in [3.05, 3.63) is 65.7 Å². The highest BCUT2D eigenvalue weighted by Gasteiger charge is 2.40. The zero-order chi connectivity index (χ0) is 26.8. The Labute approximate surface area is 218 Å². The van der Waals surface area contributed by atoms with Gasteiger partial charge in [-0.25, -0.2) is 4.79 Å². The average Bonchev–Trinajstić information content (AvgIpc) is 2.89. The first-order valence-corrected chi connectivity index (χ1v) is 12.7. The van der Waals surface area contributed by atoms with E-state index in [1.54, 1.807) is 24.3 Å². The molecule has 0 aliphatic carbocycles. The zero-order valence-electron chi connectivity index (χ0n) is 21.5. The van der Waals surface area contributed by atoms with Crippen molar-refractivity contribution in [3.63, 3.8) is 0 Å². The summed E-state index contributed by atoms with van der Waals surface area (Å²) >= 11 is 0. The molecular weight excluding hydrogens is 468 g/mol. The molecule has 9 heteroatoms. The summed E-state index contributed by atoms with van der Waals surface area (Å²) in [5.41, 5.74) is 5.98. The maximum absolute atomic E-state index is 12.9. The minimum atomic E-state index is -1.53. The van der Waals surface area contributed by atoms with Gasteiger partial charge in [0, 0.05) is 36.9 Å². The van der Waals surface area contributed by atoms with E-state index < -0.39 is 23.3 Å². The third-order valence-corrected chi connectivity index (χ3v) is 6.88. The highest BCUT2D eigenvalue weighted by molar-refractivity contribution is 5.97. The van der Waals surface area contributed by atoms with E-state index in [0.29, 0.717) is 24.1 Å². The summed E-state index contributed by atoms with van der Waals surface area (Å²) in [7, 11) is 0. The van der Waals surface area contributed by atoms with E-state index in [1.807, 2.05) is 31.2 Å². The molecule has 1 heterocycles. The summed E-state index contributed by atoms with van der Waals surface area (Å²) in [6, 6.07) is 17.8. The number of carbonyl (C=O) groups excluding carboxylic acids is 3. The monoisotopic (exact) mass is 504 g/mol. The minimum Gasteiger partial charge on any atom is -0.368 e. The fourth-order valence-corrected chi connectivity index (χ4v) is 4.51. The van der Waals surface area contributed by atoms with Gasteiger partial charge in [0.25, 0.3) is 5.91 Å². The van der Waals surface area contributed by atoms with Gasteiger partial charge in [-0.05, 0) is 49.9 Å². The van der Waals surface area contributed by atoms with Crippen LogP contribution >= 0.6 is 0 Å². The number of nitrogens with zero attached hydrogens (tertiary/aromatic N) is 2. The zero-order valence-corrected chi connectivity index (χ0v) is 21.5. The number of anilines is 1. The van der Waals surface area contributed by atoms with Gasteiger partial charge in [0.15, 0.2) is 5.41 Å². The van der Waals surface area contributed by atoms with Crippen molar-refractivity contribution in [2.45, 2.75) is 58.2 Å². The number of amides is 4. The first-order valence-electron chi connectivity index (χ1n) is 12.7. The lowest BCUT2D eigenvalue weighted by molar-refractivity contribution is -0.125. The minimum absolute atomic E-state index is 0.0748. The molecule has 5 N–H and O–H groups in total. The Hall–Kier alpha value is -3.90. The predicted molar refractivity (Wildman–Crippen MR) is 142 cm³/mol. The molecule has 0 aromatic heterocycles. The van der Waals surface area contributed by atoms with E-state index in [4.69, 9.17) is 5.73 Å². The molecule has 2 aromatic carbocycles. The van der Waals surface area contributed by atoms with E-state index in [1.165, 1.54) is 12.5 Å². The molecule has 1 unspecified atom stereocenters. The molecule has 9 nitrogen and oxygen atoms in total. The maximum Gasteiger partial charge on any atom is 0.319 e. The van der Waals surface area contributed by atoms with Crippen molar-refractivity contribution >= 4 is 23.5 Å². The first kappa shape index (κ1) is 27.7. The van der Waals surface area contributed by atoms with Crippen molar-refractivity contribution in [2.75, 3.05) is 18.4 Å². The number of primary amides is 1. The largest absolute Gasteiger partial charge is 0.368 e. The Morgan fingerprint density at radius 3 is 2.46 bits per heavy atom. The molecule has 3 rings (SSSR count). The van der Waals surface area contributed by atoms with Crippen LogP contribution in [0.5, 0.6) is 0 Å². The van der Waals surface area contributed by atoms with Crippen LogP contribution in [0.4, 0.5) is 10.5 Å². The second-order valence-electron chi connectivity index (χ2n) is 9.71. The van der Waals surface area contributed by atoms with Crippen LogP contribution in [-0.2, 0) is 11.3 Å². The van der Waals surface area contributed by atoms with Gasteiger partial charge in [0.1, 0.15) is 0 Å². The van der Waals surface area contributed by atoms with E-state index in [9.17, 15) is 19.6 Å². The third-order valence-electron chi connectivity index (χ3n) is 6.88. The SMILES string of the molecule is CCC[C@H](NC(=O)c1cccc(NC(=O)NC2CCN(Cc3ccccc3)CC2)c1)C(C)(C#N)C(N)=O. The molecule has 37 heavy (non-hydrogen) atoms. The summed E-state index contributed by atoms with van der Waals surface area (Å²) in [5.74, 6) is -1.23. The van der Waals surface area contributed by atoms with Gasteiger partial charge < -0.3 is 21.7 Å². The van der Waals surface area contributed by atoms with Crippen molar-refractivity contribution in [3.8, 4) is 6.07 Å². The molecule has 4 amide bonds. The van der Waals surface area contributed by atoms with Crippen molar-refractivity contribution in [1.82, 2.24) is 15.5 Å². The third kappa shape index (κ3) is 7.54. The summed E-state index contributed by atoms with van der Waals surface area (Å²) in [6.07, 6.45) is 2.80. The van der Waals surface area contributed by atoms with E-state index in [2.05, 4.69) is 33.0 Å². The molecule has 196 valence electrons. The fraction of sp³-hybridized carbons (Fsp3) is 0.429. The molecule has 1 fully saturated rings. The predicted octanol–water partition coefficient (Wildman–Crippen LogP) is 3.39. The van der Waals surface area contributed by atoms with Crippen LogP contribution < -0.4 is 21.7 Å². The maximum atomic E-state index is 12.9. The normalized spacial score (nSPS) is 16.6. The molecule has 1 saturated heterocycles. The molecule has 1 aliphatic rings. The number of piperidine rings is 1. The van der Waals surface area contributed by atoms with Crippen LogP contribution in [-0.4, -0.2) is 47.9 Å². The Kier molecular flexibility index (Phi) is 9.64. The van der Waals surface area contributed by atoms with Crippen LogP contribution in [0.15, 0.2) is 54.6 Å². The lowest BCUT2D eigenvalue weighted by Gasteiger charge is -2.32. The standard InChI is InChI=1S/C28H36N6O3/c1-3-8-24(28(2,19-29)26(30)36)33-25(35)21-11-7-12-23(17-21)32-27(37)31-22-13-15-34(16-14-22)18-20-9-5-4-6-10-20/h4-7,9-12,17,22,24H,3,8,13-16,18H2,1-2H3,(H2,30,36)(H,33,35)(H2,31,32,37)/t24-,28?/m0/s1. The number of benzene rings is 2. The van der Waals surface area contributed by atoms with Gasteiger partial charge in [-0.15, -0.1) is 0 Å². The van der Waals surface area contributed by atoms with Crippen LogP contribution in [0.1, 0.15) is 55.5 Å². The number of nitrogens with two attached hydrogens (primary N) is 1. The second-order valence-corrected chi connectivity index (χ2v) is 9.71. The number of likely N-dealkylation sites (tertiary alicyclic amines) is 1. The lowest BCUT2D eigenvalue weighted by Crippen LogP contribution is -2.52. The molecule has 2 aromatic rings. The van der Waals surface area contributed by atoms with Gasteiger partial charge >= 0.3 is 6.03 Å². The Bertz CT molecular complexity index is 1120. The fourth-order valence-electron chi connectivity index (χ4n) is 4.51. The first-order chi connectivity index (χ1) is 17.7. The molecule has 2 atom stereocenters. The molecule has 0 spiro atoms. The van der Waals surface area contributed by atoms with E-state index in [-0.39, 0.29) is 12.1 Å². The van der Waals surface area contributed by atoms with Gasteiger partial charge in [-0.1, -0.05) is 49.7 Å². The van der Waals surface area contributed by atoms with E-state index >= 15 is 0 Å². The summed E-state index contributed by atoms with van der Waals surface area (Å²) in [5, 5.41) is 18.1. The number of nitriles is 1. The molecule has 1 aliphatic heterocycles. The lowest BCUT2D eigenvalue weighted by atomic mass is 9.80. The molecular formula is C28H36N6O3. The van der Waals surface area contributed by atoms with Gasteiger partial charge in [-0.2, -0.15) is 5.26 Å². The van der Waals surface area contributed by atoms with Crippen molar-refractivity contribution in [1.29, 1.82) is 5.26 Å². The Morgan fingerprint density at radius 2 is 1.84 bits per heavy atom.